The molecule has 0 bridgehead atoms. The molecule has 1 aromatic carbocycles. The van der Waals surface area contributed by atoms with Crippen LogP contribution in [0.15, 0.2) is 30.3 Å². The second kappa shape index (κ2) is 9.57. The zero-order chi connectivity index (χ0) is 19.0. The van der Waals surface area contributed by atoms with Crippen molar-refractivity contribution in [3.63, 3.8) is 0 Å². The summed E-state index contributed by atoms with van der Waals surface area (Å²) >= 11 is 0. The monoisotopic (exact) mass is 362 g/mol. The molecule has 144 valence electrons. The predicted octanol–water partition coefficient (Wildman–Crippen LogP) is 3.76. The van der Waals surface area contributed by atoms with Gasteiger partial charge in [-0.05, 0) is 45.6 Å². The van der Waals surface area contributed by atoms with E-state index in [1.807, 2.05) is 51.1 Å². The SMILES string of the molecule is CC(C)(C)OC(=O)N1CCCC(=O)N1CCCCOCc1ccccc1. The zero-order valence-electron chi connectivity index (χ0n) is 16.1. The fourth-order valence-corrected chi connectivity index (χ4v) is 2.74. The molecule has 6 heteroatoms. The van der Waals surface area contributed by atoms with Crippen LogP contribution >= 0.6 is 0 Å². The van der Waals surface area contributed by atoms with Crippen molar-refractivity contribution in [2.75, 3.05) is 19.7 Å². The molecule has 0 spiro atoms. The summed E-state index contributed by atoms with van der Waals surface area (Å²) in [5.41, 5.74) is 0.573. The third kappa shape index (κ3) is 6.67. The van der Waals surface area contributed by atoms with Crippen molar-refractivity contribution in [2.24, 2.45) is 0 Å². The Balaban J connectivity index is 1.74. The number of ether oxygens (including phenoxy) is 2. The molecule has 0 saturated carbocycles. The van der Waals surface area contributed by atoms with Crippen LogP contribution in [-0.4, -0.2) is 47.3 Å². The van der Waals surface area contributed by atoms with Crippen molar-refractivity contribution >= 4 is 12.0 Å². The van der Waals surface area contributed by atoms with Gasteiger partial charge in [-0.3, -0.25) is 4.79 Å². The van der Waals surface area contributed by atoms with Crippen LogP contribution < -0.4 is 0 Å². The quantitative estimate of drug-likeness (QED) is 0.693. The number of carbonyl (C=O) groups is 2. The van der Waals surface area contributed by atoms with E-state index in [1.54, 1.807) is 0 Å². The first kappa shape index (κ1) is 20.2. The first-order valence-corrected chi connectivity index (χ1v) is 9.29. The third-order valence-electron chi connectivity index (χ3n) is 3.96. The van der Waals surface area contributed by atoms with E-state index < -0.39 is 11.7 Å². The third-order valence-corrected chi connectivity index (χ3v) is 3.96. The number of hydrazine groups is 1. The van der Waals surface area contributed by atoms with E-state index in [0.29, 0.717) is 39.1 Å². The van der Waals surface area contributed by atoms with E-state index >= 15 is 0 Å². The molecule has 0 N–H and O–H groups in total. The van der Waals surface area contributed by atoms with E-state index in [4.69, 9.17) is 9.47 Å². The van der Waals surface area contributed by atoms with Gasteiger partial charge in [0.1, 0.15) is 5.60 Å². The Morgan fingerprint density at radius 2 is 1.88 bits per heavy atom. The molecular weight excluding hydrogens is 332 g/mol. The summed E-state index contributed by atoms with van der Waals surface area (Å²) in [6.07, 6.45) is 2.31. The van der Waals surface area contributed by atoms with Gasteiger partial charge in [-0.25, -0.2) is 14.8 Å². The summed E-state index contributed by atoms with van der Waals surface area (Å²) < 4.78 is 11.1. The summed E-state index contributed by atoms with van der Waals surface area (Å²) in [5, 5.41) is 2.98. The molecule has 0 aliphatic carbocycles. The molecule has 0 radical (unpaired) electrons. The number of carbonyl (C=O) groups excluding carboxylic acids is 2. The molecule has 1 aliphatic rings. The van der Waals surface area contributed by atoms with Gasteiger partial charge in [0.2, 0.25) is 5.91 Å². The molecule has 1 aliphatic heterocycles. The second-order valence-corrected chi connectivity index (χ2v) is 7.47. The molecule has 1 saturated heterocycles. The van der Waals surface area contributed by atoms with E-state index in [2.05, 4.69) is 0 Å². The lowest BCUT2D eigenvalue weighted by atomic mass is 10.2. The highest BCUT2D eigenvalue weighted by Gasteiger charge is 2.32. The maximum absolute atomic E-state index is 12.3. The molecular formula is C20H30N2O4. The van der Waals surface area contributed by atoms with Crippen molar-refractivity contribution < 1.29 is 19.1 Å². The van der Waals surface area contributed by atoms with Gasteiger partial charge >= 0.3 is 6.09 Å². The maximum Gasteiger partial charge on any atom is 0.429 e. The molecule has 0 aromatic heterocycles. The van der Waals surface area contributed by atoms with Crippen LogP contribution in [0.3, 0.4) is 0 Å². The molecule has 0 atom stereocenters. The molecule has 2 amide bonds. The minimum absolute atomic E-state index is 0.0210. The van der Waals surface area contributed by atoms with E-state index in [1.165, 1.54) is 10.0 Å². The Hall–Kier alpha value is -2.08. The Kier molecular flexibility index (Phi) is 7.45. The van der Waals surface area contributed by atoms with Gasteiger partial charge in [0.25, 0.3) is 0 Å². The van der Waals surface area contributed by atoms with Crippen LogP contribution in [0.5, 0.6) is 0 Å². The first-order chi connectivity index (χ1) is 12.4. The summed E-state index contributed by atoms with van der Waals surface area (Å²) in [7, 11) is 0. The van der Waals surface area contributed by atoms with Crippen LogP contribution in [0, 0.1) is 0 Å². The zero-order valence-corrected chi connectivity index (χ0v) is 16.1. The smallest absolute Gasteiger partial charge is 0.429 e. The highest BCUT2D eigenvalue weighted by molar-refractivity contribution is 5.80. The van der Waals surface area contributed by atoms with Crippen molar-refractivity contribution in [1.82, 2.24) is 10.0 Å². The molecule has 0 unspecified atom stereocenters. The van der Waals surface area contributed by atoms with Crippen LogP contribution in [0.4, 0.5) is 4.79 Å². The van der Waals surface area contributed by atoms with Gasteiger partial charge in [-0.2, -0.15) is 0 Å². The van der Waals surface area contributed by atoms with Gasteiger partial charge in [0.05, 0.1) is 6.61 Å². The number of rotatable bonds is 7. The van der Waals surface area contributed by atoms with Gasteiger partial charge in [0.15, 0.2) is 0 Å². The number of amides is 2. The number of unbranched alkanes of at least 4 members (excludes halogenated alkanes) is 1. The molecule has 1 fully saturated rings. The van der Waals surface area contributed by atoms with Gasteiger partial charge in [0, 0.05) is 26.1 Å². The van der Waals surface area contributed by atoms with Crippen molar-refractivity contribution in [3.05, 3.63) is 35.9 Å². The molecule has 2 rings (SSSR count). The van der Waals surface area contributed by atoms with Crippen LogP contribution in [-0.2, 0) is 20.9 Å². The van der Waals surface area contributed by atoms with Crippen LogP contribution in [0.25, 0.3) is 0 Å². The molecule has 6 nitrogen and oxygen atoms in total. The first-order valence-electron chi connectivity index (χ1n) is 9.29. The lowest BCUT2D eigenvalue weighted by molar-refractivity contribution is -0.153. The van der Waals surface area contributed by atoms with E-state index in [-0.39, 0.29) is 5.91 Å². The number of hydrogen-bond donors (Lipinski definition) is 0. The second-order valence-electron chi connectivity index (χ2n) is 7.47. The van der Waals surface area contributed by atoms with Crippen LogP contribution in [0.2, 0.25) is 0 Å². The minimum atomic E-state index is -0.575. The number of hydrogen-bond acceptors (Lipinski definition) is 4. The molecule has 1 aromatic rings. The van der Waals surface area contributed by atoms with Crippen molar-refractivity contribution in [1.29, 1.82) is 0 Å². The highest BCUT2D eigenvalue weighted by Crippen LogP contribution is 2.18. The predicted molar refractivity (Wildman–Crippen MR) is 99.2 cm³/mol. The fraction of sp³-hybridized carbons (Fsp3) is 0.600. The van der Waals surface area contributed by atoms with E-state index in [0.717, 1.165) is 18.4 Å². The Morgan fingerprint density at radius 3 is 2.58 bits per heavy atom. The largest absolute Gasteiger partial charge is 0.442 e. The Labute approximate surface area is 156 Å². The lowest BCUT2D eigenvalue weighted by Crippen LogP contribution is -2.54. The standard InChI is InChI=1S/C20H30N2O4/c1-20(2,3)26-19(24)22-14-9-12-18(23)21(22)13-7-8-15-25-16-17-10-5-4-6-11-17/h4-6,10-11H,7-9,12-16H2,1-3H3. The number of nitrogens with zero attached hydrogens (tertiary/aromatic N) is 2. The number of benzene rings is 1. The minimum Gasteiger partial charge on any atom is -0.442 e. The van der Waals surface area contributed by atoms with Gasteiger partial charge in [-0.1, -0.05) is 30.3 Å². The average Bonchev–Trinajstić information content (AvgIpc) is 2.58. The maximum atomic E-state index is 12.3. The van der Waals surface area contributed by atoms with Gasteiger partial charge in [-0.15, -0.1) is 0 Å². The normalized spacial score (nSPS) is 15.3. The van der Waals surface area contributed by atoms with E-state index in [9.17, 15) is 9.59 Å². The summed E-state index contributed by atoms with van der Waals surface area (Å²) in [5.74, 6) is -0.0210. The van der Waals surface area contributed by atoms with Crippen molar-refractivity contribution in [3.8, 4) is 0 Å². The van der Waals surface area contributed by atoms with Crippen LogP contribution in [0.1, 0.15) is 52.0 Å². The average molecular weight is 362 g/mol. The molecule has 1 heterocycles. The topological polar surface area (TPSA) is 59.1 Å². The lowest BCUT2D eigenvalue weighted by Gasteiger charge is -2.38. The Bertz CT molecular complexity index is 583. The molecule has 26 heavy (non-hydrogen) atoms. The van der Waals surface area contributed by atoms with Crippen molar-refractivity contribution in [2.45, 2.75) is 58.7 Å². The summed E-state index contributed by atoms with van der Waals surface area (Å²) in [4.78, 5) is 24.6. The Morgan fingerprint density at radius 1 is 1.15 bits per heavy atom. The highest BCUT2D eigenvalue weighted by atomic mass is 16.6. The summed E-state index contributed by atoms with van der Waals surface area (Å²) in [6.45, 7) is 7.72. The van der Waals surface area contributed by atoms with Gasteiger partial charge < -0.3 is 9.47 Å². The summed E-state index contributed by atoms with van der Waals surface area (Å²) in [6, 6.07) is 10.0. The fourth-order valence-electron chi connectivity index (χ4n) is 2.74.